The second-order valence-corrected chi connectivity index (χ2v) is 7.08. The number of aryl methyl sites for hydroxylation is 1. The summed E-state index contributed by atoms with van der Waals surface area (Å²) in [5.41, 5.74) is 0.897. The van der Waals surface area contributed by atoms with Crippen molar-refractivity contribution in [3.63, 3.8) is 0 Å². The normalized spacial score (nSPS) is 18.6. The van der Waals surface area contributed by atoms with Gasteiger partial charge < -0.3 is 5.32 Å². The molecule has 1 aliphatic heterocycles. The van der Waals surface area contributed by atoms with E-state index < -0.39 is 0 Å². The third kappa shape index (κ3) is 5.08. The number of amides is 1. The Morgan fingerprint density at radius 3 is 2.86 bits per heavy atom. The van der Waals surface area contributed by atoms with Gasteiger partial charge in [-0.25, -0.2) is 4.98 Å². The highest BCUT2D eigenvalue weighted by molar-refractivity contribution is 7.09. The highest BCUT2D eigenvalue weighted by Crippen LogP contribution is 2.17. The molecule has 2 rings (SSSR count). The van der Waals surface area contributed by atoms with Crippen LogP contribution < -0.4 is 5.32 Å². The minimum absolute atomic E-state index is 0.0835. The van der Waals surface area contributed by atoms with Crippen molar-refractivity contribution in [2.75, 3.05) is 19.6 Å². The minimum atomic E-state index is 0.0835. The predicted octanol–water partition coefficient (Wildman–Crippen LogP) is 2.48. The van der Waals surface area contributed by atoms with Crippen LogP contribution >= 0.6 is 11.3 Å². The zero-order valence-corrected chi connectivity index (χ0v) is 14.2. The molecule has 0 spiro atoms. The number of likely N-dealkylation sites (tertiary alicyclic amines) is 1. The Hall–Kier alpha value is -0.940. The maximum atomic E-state index is 12.0. The molecule has 0 aromatic carbocycles. The summed E-state index contributed by atoms with van der Waals surface area (Å²) in [6, 6.07) is 0.420. The van der Waals surface area contributed by atoms with Gasteiger partial charge in [0, 0.05) is 18.0 Å². The Labute approximate surface area is 132 Å². The van der Waals surface area contributed by atoms with Gasteiger partial charge in [0.05, 0.1) is 17.1 Å². The lowest BCUT2D eigenvalue weighted by molar-refractivity contribution is -0.120. The Bertz CT molecular complexity index is 452. The molecule has 0 bridgehead atoms. The molecule has 5 heteroatoms. The number of hydrogen-bond donors (Lipinski definition) is 1. The molecule has 0 radical (unpaired) electrons. The van der Waals surface area contributed by atoms with Crippen LogP contribution in [0.15, 0.2) is 5.38 Å². The number of nitrogens with one attached hydrogen (secondary N) is 1. The number of carbonyl (C=O) groups excluding carboxylic acids is 1. The first kappa shape index (κ1) is 16.4. The average molecular weight is 309 g/mol. The van der Waals surface area contributed by atoms with Crippen molar-refractivity contribution in [2.45, 2.75) is 52.5 Å². The molecule has 1 atom stereocenters. The SMILES string of the molecule is CCc1nc(CC(=O)NC[C@@H](C)N2CCC(C)CC2)cs1. The summed E-state index contributed by atoms with van der Waals surface area (Å²) in [6.07, 6.45) is 3.89. The van der Waals surface area contributed by atoms with Crippen LogP contribution in [0.3, 0.4) is 0 Å². The molecule has 1 aliphatic rings. The fourth-order valence-corrected chi connectivity index (χ4v) is 3.42. The van der Waals surface area contributed by atoms with E-state index in [0.29, 0.717) is 12.5 Å². The maximum Gasteiger partial charge on any atom is 0.226 e. The van der Waals surface area contributed by atoms with Gasteiger partial charge in [-0.2, -0.15) is 0 Å². The van der Waals surface area contributed by atoms with Gasteiger partial charge in [0.1, 0.15) is 0 Å². The van der Waals surface area contributed by atoms with E-state index >= 15 is 0 Å². The summed E-state index contributed by atoms with van der Waals surface area (Å²) in [4.78, 5) is 18.9. The molecule has 1 fully saturated rings. The third-order valence-electron chi connectivity index (χ3n) is 4.28. The zero-order chi connectivity index (χ0) is 15.2. The summed E-state index contributed by atoms with van der Waals surface area (Å²) in [5, 5.41) is 6.15. The summed E-state index contributed by atoms with van der Waals surface area (Å²) < 4.78 is 0. The van der Waals surface area contributed by atoms with Gasteiger partial charge in [0.15, 0.2) is 0 Å². The van der Waals surface area contributed by atoms with Crippen LogP contribution in [0, 0.1) is 5.92 Å². The molecular weight excluding hydrogens is 282 g/mol. The lowest BCUT2D eigenvalue weighted by Crippen LogP contribution is -2.45. The van der Waals surface area contributed by atoms with E-state index in [0.717, 1.165) is 42.7 Å². The number of rotatable bonds is 6. The minimum Gasteiger partial charge on any atom is -0.354 e. The van der Waals surface area contributed by atoms with Gasteiger partial charge in [0.2, 0.25) is 5.91 Å². The number of aromatic nitrogens is 1. The molecule has 0 unspecified atom stereocenters. The molecule has 1 aromatic rings. The van der Waals surface area contributed by atoms with Crippen LogP contribution in [0.1, 0.15) is 44.3 Å². The number of nitrogens with zero attached hydrogens (tertiary/aromatic N) is 2. The van der Waals surface area contributed by atoms with Crippen LogP contribution in [0.4, 0.5) is 0 Å². The van der Waals surface area contributed by atoms with E-state index in [4.69, 9.17) is 0 Å². The van der Waals surface area contributed by atoms with Crippen molar-refractivity contribution in [1.82, 2.24) is 15.2 Å². The molecule has 21 heavy (non-hydrogen) atoms. The highest BCUT2D eigenvalue weighted by Gasteiger charge is 2.20. The van der Waals surface area contributed by atoms with Crippen LogP contribution in [0.5, 0.6) is 0 Å². The Balaban J connectivity index is 1.70. The molecule has 1 aromatic heterocycles. The molecule has 1 saturated heterocycles. The average Bonchev–Trinajstić information content (AvgIpc) is 2.93. The molecule has 118 valence electrons. The maximum absolute atomic E-state index is 12.0. The predicted molar refractivity (Wildman–Crippen MR) is 87.6 cm³/mol. The van der Waals surface area contributed by atoms with Crippen molar-refractivity contribution in [2.24, 2.45) is 5.92 Å². The molecule has 4 nitrogen and oxygen atoms in total. The topological polar surface area (TPSA) is 45.2 Å². The highest BCUT2D eigenvalue weighted by atomic mass is 32.1. The lowest BCUT2D eigenvalue weighted by atomic mass is 9.98. The van der Waals surface area contributed by atoms with Crippen molar-refractivity contribution >= 4 is 17.2 Å². The molecule has 1 N–H and O–H groups in total. The lowest BCUT2D eigenvalue weighted by Gasteiger charge is -2.35. The van der Waals surface area contributed by atoms with Crippen molar-refractivity contribution in [3.8, 4) is 0 Å². The van der Waals surface area contributed by atoms with Gasteiger partial charge in [0.25, 0.3) is 0 Å². The van der Waals surface area contributed by atoms with Crippen LogP contribution in [-0.2, 0) is 17.6 Å². The van der Waals surface area contributed by atoms with Gasteiger partial charge >= 0.3 is 0 Å². The van der Waals surface area contributed by atoms with Crippen LogP contribution in [0.2, 0.25) is 0 Å². The van der Waals surface area contributed by atoms with E-state index in [1.54, 1.807) is 11.3 Å². The fourth-order valence-electron chi connectivity index (χ4n) is 2.68. The fraction of sp³-hybridized carbons (Fsp3) is 0.750. The number of piperidine rings is 1. The quantitative estimate of drug-likeness (QED) is 0.878. The van der Waals surface area contributed by atoms with Crippen molar-refractivity contribution in [3.05, 3.63) is 16.1 Å². The third-order valence-corrected chi connectivity index (χ3v) is 5.32. The van der Waals surface area contributed by atoms with Gasteiger partial charge in [-0.3, -0.25) is 9.69 Å². The summed E-state index contributed by atoms with van der Waals surface area (Å²) in [7, 11) is 0. The van der Waals surface area contributed by atoms with E-state index in [1.165, 1.54) is 12.8 Å². The van der Waals surface area contributed by atoms with Crippen LogP contribution in [0.25, 0.3) is 0 Å². The smallest absolute Gasteiger partial charge is 0.226 e. The van der Waals surface area contributed by atoms with E-state index in [1.807, 2.05) is 5.38 Å². The number of carbonyl (C=O) groups is 1. The van der Waals surface area contributed by atoms with E-state index in [-0.39, 0.29) is 5.91 Å². The molecule has 0 saturated carbocycles. The van der Waals surface area contributed by atoms with Gasteiger partial charge in [-0.05, 0) is 45.2 Å². The molecule has 0 aliphatic carbocycles. The van der Waals surface area contributed by atoms with Crippen molar-refractivity contribution in [1.29, 1.82) is 0 Å². The largest absolute Gasteiger partial charge is 0.354 e. The summed E-state index contributed by atoms with van der Waals surface area (Å²) in [5.74, 6) is 0.931. The van der Waals surface area contributed by atoms with E-state index in [9.17, 15) is 4.79 Å². The monoisotopic (exact) mass is 309 g/mol. The Morgan fingerprint density at radius 1 is 1.52 bits per heavy atom. The first-order valence-corrected chi connectivity index (χ1v) is 8.90. The summed E-state index contributed by atoms with van der Waals surface area (Å²) >= 11 is 1.64. The Morgan fingerprint density at radius 2 is 2.24 bits per heavy atom. The van der Waals surface area contributed by atoms with Crippen LogP contribution in [-0.4, -0.2) is 41.5 Å². The summed E-state index contributed by atoms with van der Waals surface area (Å²) in [6.45, 7) is 9.66. The second-order valence-electron chi connectivity index (χ2n) is 6.13. The first-order valence-electron chi connectivity index (χ1n) is 8.02. The van der Waals surface area contributed by atoms with Gasteiger partial charge in [-0.1, -0.05) is 13.8 Å². The second kappa shape index (κ2) is 7.90. The van der Waals surface area contributed by atoms with Crippen molar-refractivity contribution < 1.29 is 4.79 Å². The van der Waals surface area contributed by atoms with Gasteiger partial charge in [-0.15, -0.1) is 11.3 Å². The number of thiazole rings is 1. The molecule has 1 amide bonds. The Kier molecular flexibility index (Phi) is 6.18. The molecule has 2 heterocycles. The zero-order valence-electron chi connectivity index (χ0n) is 13.4. The van der Waals surface area contributed by atoms with E-state index in [2.05, 4.69) is 36.0 Å². The standard InChI is InChI=1S/C16H27N3OS/c1-4-16-18-14(11-21-16)9-15(20)17-10-13(3)19-7-5-12(2)6-8-19/h11-13H,4-10H2,1-3H3,(H,17,20)/t13-/m1/s1. The number of hydrogen-bond acceptors (Lipinski definition) is 4. The molecular formula is C16H27N3OS. The first-order chi connectivity index (χ1) is 10.1.